The fourth-order valence-electron chi connectivity index (χ4n) is 3.77. The van der Waals surface area contributed by atoms with Gasteiger partial charge in [-0.3, -0.25) is 0 Å². The van der Waals surface area contributed by atoms with Gasteiger partial charge in [0.2, 0.25) is 12.7 Å². The second-order valence-electron chi connectivity index (χ2n) is 7.24. The lowest BCUT2D eigenvalue weighted by Gasteiger charge is -2.27. The van der Waals surface area contributed by atoms with Gasteiger partial charge in [0.15, 0.2) is 11.5 Å². The van der Waals surface area contributed by atoms with Crippen LogP contribution in [0.15, 0.2) is 66.1 Å². The van der Waals surface area contributed by atoms with E-state index in [0.717, 1.165) is 5.56 Å². The predicted molar refractivity (Wildman–Crippen MR) is 114 cm³/mol. The number of allylic oxidation sites excluding steroid dienone is 1. The van der Waals surface area contributed by atoms with Crippen molar-refractivity contribution >= 4 is 11.6 Å². The van der Waals surface area contributed by atoms with Crippen LogP contribution < -0.4 is 24.7 Å². The van der Waals surface area contributed by atoms with E-state index < -0.39 is 5.92 Å². The molecule has 0 radical (unpaired) electrons. The minimum absolute atomic E-state index is 0.0138. The van der Waals surface area contributed by atoms with Gasteiger partial charge in [-0.25, -0.2) is 4.39 Å². The molecule has 0 spiro atoms. The standard InChI is InChI=1S/C24H16ClFN2O4/c25-17-7-13(5-6-19(17)29-11-14-3-1-2-4-18(14)26)23-15-8-21-22(31-12-30-21)9-20(15)32-24(28)16(23)10-27/h1-9,23H,11-12,28H2/t23-/m1/s1. The summed E-state index contributed by atoms with van der Waals surface area (Å²) in [4.78, 5) is 0. The number of benzene rings is 3. The van der Waals surface area contributed by atoms with Crippen molar-refractivity contribution in [3.63, 3.8) is 0 Å². The van der Waals surface area contributed by atoms with Crippen LogP contribution in [-0.2, 0) is 6.61 Å². The van der Waals surface area contributed by atoms with E-state index in [0.29, 0.717) is 39.1 Å². The molecule has 32 heavy (non-hydrogen) atoms. The predicted octanol–water partition coefficient (Wildman–Crippen LogP) is 5.00. The molecule has 3 aromatic carbocycles. The molecule has 0 fully saturated rings. The van der Waals surface area contributed by atoms with Gasteiger partial charge >= 0.3 is 0 Å². The molecule has 3 aromatic rings. The summed E-state index contributed by atoms with van der Waals surface area (Å²) in [5.74, 6) is 1.13. The molecule has 0 saturated heterocycles. The van der Waals surface area contributed by atoms with Gasteiger partial charge in [0.1, 0.15) is 35.6 Å². The second-order valence-corrected chi connectivity index (χ2v) is 7.65. The summed E-state index contributed by atoms with van der Waals surface area (Å²) in [7, 11) is 0. The summed E-state index contributed by atoms with van der Waals surface area (Å²) >= 11 is 6.48. The molecule has 0 aromatic heterocycles. The molecule has 0 aliphatic carbocycles. The SMILES string of the molecule is N#CC1=C(N)Oc2cc3c(cc2[C@H]1c1ccc(OCc2ccccc2F)c(Cl)c1)OCO3. The Balaban J connectivity index is 1.49. The first kappa shape index (κ1) is 20.0. The normalized spacial score (nSPS) is 16.2. The summed E-state index contributed by atoms with van der Waals surface area (Å²) in [5, 5.41) is 10.1. The molecule has 0 amide bonds. The first-order valence-corrected chi connectivity index (χ1v) is 10.1. The quantitative estimate of drug-likeness (QED) is 0.601. The molecule has 0 unspecified atom stereocenters. The molecule has 2 heterocycles. The maximum atomic E-state index is 13.9. The summed E-state index contributed by atoms with van der Waals surface area (Å²) in [6.45, 7) is 0.141. The van der Waals surface area contributed by atoms with Crippen LogP contribution in [0.1, 0.15) is 22.6 Å². The first-order chi connectivity index (χ1) is 15.5. The van der Waals surface area contributed by atoms with Crippen LogP contribution >= 0.6 is 11.6 Å². The van der Waals surface area contributed by atoms with E-state index in [1.807, 2.05) is 0 Å². The van der Waals surface area contributed by atoms with Gasteiger partial charge in [0.05, 0.1) is 10.9 Å². The lowest BCUT2D eigenvalue weighted by molar-refractivity contribution is 0.174. The summed E-state index contributed by atoms with van der Waals surface area (Å²) in [5.41, 5.74) is 8.14. The Morgan fingerprint density at radius 1 is 1.09 bits per heavy atom. The Kier molecular flexibility index (Phi) is 5.00. The highest BCUT2D eigenvalue weighted by Gasteiger charge is 2.33. The maximum absolute atomic E-state index is 13.9. The third kappa shape index (κ3) is 3.45. The van der Waals surface area contributed by atoms with Crippen molar-refractivity contribution in [1.29, 1.82) is 5.26 Å². The zero-order chi connectivity index (χ0) is 22.2. The number of hydrogen-bond donors (Lipinski definition) is 1. The molecular weight excluding hydrogens is 435 g/mol. The number of nitriles is 1. The fraction of sp³-hybridized carbons (Fsp3) is 0.125. The molecule has 0 bridgehead atoms. The van der Waals surface area contributed by atoms with Crippen LogP contribution in [-0.4, -0.2) is 6.79 Å². The third-order valence-corrected chi connectivity index (χ3v) is 5.64. The Morgan fingerprint density at radius 2 is 1.88 bits per heavy atom. The molecule has 0 saturated carbocycles. The van der Waals surface area contributed by atoms with Crippen molar-refractivity contribution in [3.8, 4) is 29.1 Å². The first-order valence-electron chi connectivity index (χ1n) is 9.72. The Hall–Kier alpha value is -3.89. The Morgan fingerprint density at radius 3 is 2.62 bits per heavy atom. The third-order valence-electron chi connectivity index (χ3n) is 5.34. The Bertz CT molecular complexity index is 1300. The fourth-order valence-corrected chi connectivity index (χ4v) is 4.02. The van der Waals surface area contributed by atoms with Crippen molar-refractivity contribution in [1.82, 2.24) is 0 Å². The van der Waals surface area contributed by atoms with E-state index in [2.05, 4.69) is 6.07 Å². The zero-order valence-corrected chi connectivity index (χ0v) is 17.4. The number of rotatable bonds is 4. The number of halogens is 2. The lowest BCUT2D eigenvalue weighted by Crippen LogP contribution is -2.21. The number of nitrogens with two attached hydrogens (primary N) is 1. The number of hydrogen-bond acceptors (Lipinski definition) is 6. The lowest BCUT2D eigenvalue weighted by atomic mass is 9.83. The summed E-state index contributed by atoms with van der Waals surface area (Å²) in [6, 6.07) is 17.2. The molecule has 2 aliphatic heterocycles. The minimum Gasteiger partial charge on any atom is -0.487 e. The highest BCUT2D eigenvalue weighted by molar-refractivity contribution is 6.32. The summed E-state index contributed by atoms with van der Waals surface area (Å²) < 4.78 is 36.1. The number of ether oxygens (including phenoxy) is 4. The average Bonchev–Trinajstić information content (AvgIpc) is 3.24. The highest BCUT2D eigenvalue weighted by Crippen LogP contribution is 2.48. The zero-order valence-electron chi connectivity index (χ0n) is 16.6. The molecule has 5 rings (SSSR count). The van der Waals surface area contributed by atoms with E-state index in [9.17, 15) is 9.65 Å². The highest BCUT2D eigenvalue weighted by atomic mass is 35.5. The van der Waals surface area contributed by atoms with Gasteiger partial charge in [-0.2, -0.15) is 5.26 Å². The maximum Gasteiger partial charge on any atom is 0.231 e. The molecule has 2 N–H and O–H groups in total. The molecular formula is C24H16ClFN2O4. The Labute approximate surface area is 188 Å². The van der Waals surface area contributed by atoms with Gasteiger partial charge in [-0.1, -0.05) is 35.9 Å². The summed E-state index contributed by atoms with van der Waals surface area (Å²) in [6.07, 6.45) is 0. The van der Waals surface area contributed by atoms with Crippen molar-refractivity contribution in [2.45, 2.75) is 12.5 Å². The van der Waals surface area contributed by atoms with Crippen molar-refractivity contribution in [3.05, 3.63) is 93.6 Å². The van der Waals surface area contributed by atoms with Crippen LogP contribution in [0.2, 0.25) is 5.02 Å². The van der Waals surface area contributed by atoms with E-state index in [4.69, 9.17) is 36.3 Å². The number of fused-ring (bicyclic) bond motifs is 2. The largest absolute Gasteiger partial charge is 0.487 e. The van der Waals surface area contributed by atoms with Crippen molar-refractivity contribution in [2.24, 2.45) is 5.73 Å². The minimum atomic E-state index is -0.517. The van der Waals surface area contributed by atoms with Gasteiger partial charge in [-0.15, -0.1) is 0 Å². The van der Waals surface area contributed by atoms with Crippen LogP contribution in [0, 0.1) is 17.1 Å². The van der Waals surface area contributed by atoms with Gasteiger partial charge in [0, 0.05) is 17.2 Å². The molecule has 6 nitrogen and oxygen atoms in total. The van der Waals surface area contributed by atoms with Gasteiger partial charge in [-0.05, 0) is 29.8 Å². The monoisotopic (exact) mass is 450 g/mol. The average molecular weight is 451 g/mol. The van der Waals surface area contributed by atoms with Gasteiger partial charge in [0.25, 0.3) is 0 Å². The van der Waals surface area contributed by atoms with E-state index in [1.165, 1.54) is 6.07 Å². The van der Waals surface area contributed by atoms with Crippen molar-refractivity contribution in [2.75, 3.05) is 6.79 Å². The second kappa shape index (κ2) is 7.98. The van der Waals surface area contributed by atoms with E-state index in [-0.39, 0.29) is 30.7 Å². The van der Waals surface area contributed by atoms with Gasteiger partial charge < -0.3 is 24.7 Å². The van der Waals surface area contributed by atoms with Crippen LogP contribution in [0.4, 0.5) is 4.39 Å². The molecule has 8 heteroatoms. The van der Waals surface area contributed by atoms with Crippen molar-refractivity contribution < 1.29 is 23.3 Å². The molecule has 160 valence electrons. The smallest absolute Gasteiger partial charge is 0.231 e. The topological polar surface area (TPSA) is 86.7 Å². The molecule has 2 aliphatic rings. The molecule has 1 atom stereocenters. The van der Waals surface area contributed by atoms with Crippen LogP contribution in [0.25, 0.3) is 0 Å². The number of nitrogens with zero attached hydrogens (tertiary/aromatic N) is 1. The van der Waals surface area contributed by atoms with E-state index >= 15 is 0 Å². The van der Waals surface area contributed by atoms with E-state index in [1.54, 1.807) is 48.5 Å². The van der Waals surface area contributed by atoms with Crippen LogP contribution in [0.5, 0.6) is 23.0 Å². The van der Waals surface area contributed by atoms with Crippen LogP contribution in [0.3, 0.4) is 0 Å².